The van der Waals surface area contributed by atoms with Crippen molar-refractivity contribution in [3.8, 4) is 0 Å². The monoisotopic (exact) mass is 298 g/mol. The number of nitrogens with zero attached hydrogens (tertiary/aromatic N) is 1. The first-order valence-electron chi connectivity index (χ1n) is 7.96. The number of hydrogen-bond acceptors (Lipinski definition) is 2. The topological polar surface area (TPSA) is 69.6 Å². The molecule has 2 N–H and O–H groups in total. The van der Waals surface area contributed by atoms with Gasteiger partial charge in [0.2, 0.25) is 0 Å². The number of urea groups is 1. The van der Waals surface area contributed by atoms with Crippen LogP contribution in [0.4, 0.5) is 4.79 Å². The van der Waals surface area contributed by atoms with Crippen LogP contribution in [-0.4, -0.2) is 40.6 Å². The molecule has 1 fully saturated rings. The Hall–Kier alpha value is -1.26. The number of likely N-dealkylation sites (tertiary alicyclic amines) is 1. The summed E-state index contributed by atoms with van der Waals surface area (Å²) in [4.78, 5) is 25.7. The Kier molecular flexibility index (Phi) is 5.65. The first kappa shape index (κ1) is 17.8. The molecular formula is C16H30N2O3. The second-order valence-corrected chi connectivity index (χ2v) is 7.14. The van der Waals surface area contributed by atoms with Crippen LogP contribution in [0.15, 0.2) is 0 Å². The molecule has 1 saturated heterocycles. The van der Waals surface area contributed by atoms with Crippen LogP contribution in [0.2, 0.25) is 0 Å². The fraction of sp³-hybridized carbons (Fsp3) is 0.875. The van der Waals surface area contributed by atoms with Gasteiger partial charge in [-0.2, -0.15) is 0 Å². The lowest BCUT2D eigenvalue weighted by Crippen LogP contribution is -2.56. The summed E-state index contributed by atoms with van der Waals surface area (Å²) < 4.78 is 0. The quantitative estimate of drug-likeness (QED) is 0.791. The number of carboxylic acid groups (broad SMARTS) is 1. The van der Waals surface area contributed by atoms with E-state index in [4.69, 9.17) is 0 Å². The van der Waals surface area contributed by atoms with Gasteiger partial charge in [0, 0.05) is 13.1 Å². The molecule has 5 nitrogen and oxygen atoms in total. The van der Waals surface area contributed by atoms with Crippen molar-refractivity contribution >= 4 is 12.0 Å². The molecule has 0 aromatic rings. The number of rotatable bonds is 6. The lowest BCUT2D eigenvalue weighted by atomic mass is 9.81. The Morgan fingerprint density at radius 3 is 2.48 bits per heavy atom. The smallest absolute Gasteiger partial charge is 0.329 e. The summed E-state index contributed by atoms with van der Waals surface area (Å²) in [7, 11) is 0. The molecule has 0 aliphatic carbocycles. The molecule has 5 heteroatoms. The SMILES string of the molecule is CCCC1(C(=O)O)CCCN1C(=O)NCC(C)(C)C(C)C. The van der Waals surface area contributed by atoms with Crippen molar-refractivity contribution in [1.82, 2.24) is 10.2 Å². The van der Waals surface area contributed by atoms with Crippen molar-refractivity contribution in [2.24, 2.45) is 11.3 Å². The summed E-state index contributed by atoms with van der Waals surface area (Å²) >= 11 is 0. The van der Waals surface area contributed by atoms with Crippen molar-refractivity contribution in [3.63, 3.8) is 0 Å². The summed E-state index contributed by atoms with van der Waals surface area (Å²) in [6.45, 7) is 11.5. The van der Waals surface area contributed by atoms with E-state index in [2.05, 4.69) is 33.0 Å². The number of nitrogens with one attached hydrogen (secondary N) is 1. The standard InChI is InChI=1S/C16H30N2O3/c1-6-8-16(13(19)20)9-7-10-18(16)14(21)17-11-15(4,5)12(2)3/h12H,6-11H2,1-5H3,(H,17,21)(H,19,20). The molecule has 2 amide bonds. The normalized spacial score (nSPS) is 22.7. The number of carbonyl (C=O) groups excluding carboxylic acids is 1. The van der Waals surface area contributed by atoms with Gasteiger partial charge >= 0.3 is 12.0 Å². The molecule has 0 saturated carbocycles. The lowest BCUT2D eigenvalue weighted by molar-refractivity contribution is -0.148. The third-order valence-electron chi connectivity index (χ3n) is 5.05. The second kappa shape index (κ2) is 6.67. The van der Waals surface area contributed by atoms with Crippen molar-refractivity contribution < 1.29 is 14.7 Å². The molecule has 0 spiro atoms. The summed E-state index contributed by atoms with van der Waals surface area (Å²) in [6.07, 6.45) is 2.58. The van der Waals surface area contributed by atoms with Gasteiger partial charge in [0.1, 0.15) is 5.54 Å². The van der Waals surface area contributed by atoms with Gasteiger partial charge in [-0.25, -0.2) is 9.59 Å². The first-order chi connectivity index (χ1) is 9.67. The summed E-state index contributed by atoms with van der Waals surface area (Å²) in [5.41, 5.74) is -1.02. The predicted molar refractivity (Wildman–Crippen MR) is 83.2 cm³/mol. The minimum Gasteiger partial charge on any atom is -0.479 e. The van der Waals surface area contributed by atoms with Gasteiger partial charge in [-0.05, 0) is 30.6 Å². The largest absolute Gasteiger partial charge is 0.479 e. The third kappa shape index (κ3) is 3.69. The molecule has 1 aliphatic rings. The number of hydrogen-bond donors (Lipinski definition) is 2. The van der Waals surface area contributed by atoms with Gasteiger partial charge in [0.25, 0.3) is 0 Å². The fourth-order valence-corrected chi connectivity index (χ4v) is 2.78. The van der Waals surface area contributed by atoms with Crippen LogP contribution >= 0.6 is 0 Å². The average Bonchev–Trinajstić information content (AvgIpc) is 2.81. The van der Waals surface area contributed by atoms with Gasteiger partial charge in [0.15, 0.2) is 0 Å². The lowest BCUT2D eigenvalue weighted by Gasteiger charge is -2.36. The van der Waals surface area contributed by atoms with Crippen LogP contribution in [0.25, 0.3) is 0 Å². The molecule has 21 heavy (non-hydrogen) atoms. The Morgan fingerprint density at radius 2 is 2.00 bits per heavy atom. The highest BCUT2D eigenvalue weighted by atomic mass is 16.4. The molecule has 122 valence electrons. The summed E-state index contributed by atoms with van der Waals surface area (Å²) in [6, 6.07) is -0.239. The molecule has 0 aromatic heterocycles. The molecule has 1 rings (SSSR count). The molecule has 0 bridgehead atoms. The molecule has 1 atom stereocenters. The van der Waals surface area contributed by atoms with Crippen LogP contribution in [-0.2, 0) is 4.79 Å². The van der Waals surface area contributed by atoms with Gasteiger partial charge in [0.05, 0.1) is 0 Å². The number of amides is 2. The van der Waals surface area contributed by atoms with E-state index in [9.17, 15) is 14.7 Å². The summed E-state index contributed by atoms with van der Waals surface area (Å²) in [5.74, 6) is -0.434. The van der Waals surface area contributed by atoms with Gasteiger partial charge in [-0.3, -0.25) is 0 Å². The summed E-state index contributed by atoms with van der Waals surface area (Å²) in [5, 5.41) is 12.5. The van der Waals surface area contributed by atoms with E-state index in [-0.39, 0.29) is 11.4 Å². The Morgan fingerprint density at radius 1 is 1.38 bits per heavy atom. The van der Waals surface area contributed by atoms with Crippen LogP contribution in [0.3, 0.4) is 0 Å². The van der Waals surface area contributed by atoms with E-state index in [1.807, 2.05) is 6.92 Å². The van der Waals surface area contributed by atoms with Crippen molar-refractivity contribution in [1.29, 1.82) is 0 Å². The zero-order valence-corrected chi connectivity index (χ0v) is 14.0. The van der Waals surface area contributed by atoms with Gasteiger partial charge in [-0.1, -0.05) is 41.0 Å². The van der Waals surface area contributed by atoms with Gasteiger partial charge in [-0.15, -0.1) is 0 Å². The Bertz CT molecular complexity index is 393. The van der Waals surface area contributed by atoms with E-state index in [1.165, 1.54) is 4.90 Å². The minimum atomic E-state index is -1.01. The Balaban J connectivity index is 2.78. The fourth-order valence-electron chi connectivity index (χ4n) is 2.78. The zero-order valence-electron chi connectivity index (χ0n) is 14.0. The van der Waals surface area contributed by atoms with Crippen LogP contribution in [0.5, 0.6) is 0 Å². The maximum atomic E-state index is 12.5. The molecule has 1 unspecified atom stereocenters. The highest BCUT2D eigenvalue weighted by molar-refractivity contribution is 5.87. The molecule has 1 aliphatic heterocycles. The molecule has 0 aromatic carbocycles. The number of aliphatic carboxylic acids is 1. The van der Waals surface area contributed by atoms with E-state index < -0.39 is 11.5 Å². The maximum Gasteiger partial charge on any atom is 0.329 e. The Labute approximate surface area is 128 Å². The number of carboxylic acids is 1. The van der Waals surface area contributed by atoms with E-state index in [0.29, 0.717) is 31.8 Å². The first-order valence-corrected chi connectivity index (χ1v) is 7.96. The average molecular weight is 298 g/mol. The maximum absolute atomic E-state index is 12.5. The van der Waals surface area contributed by atoms with E-state index in [1.54, 1.807) is 0 Å². The van der Waals surface area contributed by atoms with Crippen LogP contribution in [0.1, 0.15) is 60.3 Å². The van der Waals surface area contributed by atoms with Crippen molar-refractivity contribution in [2.45, 2.75) is 65.8 Å². The third-order valence-corrected chi connectivity index (χ3v) is 5.05. The van der Waals surface area contributed by atoms with Crippen LogP contribution in [0, 0.1) is 11.3 Å². The predicted octanol–water partition coefficient (Wildman–Crippen LogP) is 3.10. The molecular weight excluding hydrogens is 268 g/mol. The molecule has 0 radical (unpaired) electrons. The number of carbonyl (C=O) groups is 2. The molecule has 1 heterocycles. The van der Waals surface area contributed by atoms with Crippen LogP contribution < -0.4 is 5.32 Å². The van der Waals surface area contributed by atoms with Crippen molar-refractivity contribution in [3.05, 3.63) is 0 Å². The highest BCUT2D eigenvalue weighted by Crippen LogP contribution is 2.34. The highest BCUT2D eigenvalue weighted by Gasteiger charge is 2.49. The van der Waals surface area contributed by atoms with E-state index >= 15 is 0 Å². The van der Waals surface area contributed by atoms with Crippen molar-refractivity contribution in [2.75, 3.05) is 13.1 Å². The van der Waals surface area contributed by atoms with Gasteiger partial charge < -0.3 is 15.3 Å². The zero-order chi connectivity index (χ0) is 16.3. The second-order valence-electron chi connectivity index (χ2n) is 7.14. The van der Waals surface area contributed by atoms with E-state index in [0.717, 1.165) is 12.8 Å². The minimum absolute atomic E-state index is 0.00791.